The van der Waals surface area contributed by atoms with Crippen LogP contribution in [-0.2, 0) is 0 Å². The zero-order valence-corrected chi connectivity index (χ0v) is 12.4. The Labute approximate surface area is 125 Å². The molecule has 1 unspecified atom stereocenters. The molecule has 4 heteroatoms. The van der Waals surface area contributed by atoms with Crippen LogP contribution < -0.4 is 11.1 Å². The number of amidine groups is 1. The van der Waals surface area contributed by atoms with Gasteiger partial charge in [0.05, 0.1) is 5.92 Å². The molecule has 2 aromatic carbocycles. The molecule has 110 valence electrons. The first kappa shape index (κ1) is 14.9. The molecule has 0 aliphatic heterocycles. The molecule has 1 atom stereocenters. The first-order valence-corrected chi connectivity index (χ1v) is 6.94. The van der Waals surface area contributed by atoms with Crippen molar-refractivity contribution in [2.45, 2.75) is 19.8 Å². The second kappa shape index (κ2) is 6.79. The Hall–Kier alpha value is -2.49. The summed E-state index contributed by atoms with van der Waals surface area (Å²) in [5.41, 5.74) is 10.3. The number of hydrogen-bond acceptors (Lipinski definition) is 3. The zero-order valence-electron chi connectivity index (χ0n) is 12.4. The molecule has 0 aromatic heterocycles. The largest absolute Gasteiger partial charge is 0.409 e. The fourth-order valence-corrected chi connectivity index (χ4v) is 2.44. The fourth-order valence-electron chi connectivity index (χ4n) is 2.44. The summed E-state index contributed by atoms with van der Waals surface area (Å²) in [6.07, 6.45) is 0. The van der Waals surface area contributed by atoms with Gasteiger partial charge in [0, 0.05) is 12.2 Å². The lowest BCUT2D eigenvalue weighted by atomic mass is 9.98. The molecule has 0 aliphatic rings. The van der Waals surface area contributed by atoms with Crippen molar-refractivity contribution in [3.63, 3.8) is 0 Å². The van der Waals surface area contributed by atoms with Crippen molar-refractivity contribution in [2.24, 2.45) is 10.9 Å². The van der Waals surface area contributed by atoms with Gasteiger partial charge in [0.15, 0.2) is 0 Å². The van der Waals surface area contributed by atoms with Crippen molar-refractivity contribution in [2.75, 3.05) is 11.9 Å². The van der Waals surface area contributed by atoms with Gasteiger partial charge in [-0.3, -0.25) is 0 Å². The molecule has 0 spiro atoms. The smallest absolute Gasteiger partial charge is 0.148 e. The van der Waals surface area contributed by atoms with E-state index in [-0.39, 0.29) is 11.8 Å². The summed E-state index contributed by atoms with van der Waals surface area (Å²) in [5, 5.41) is 15.5. The number of benzene rings is 2. The predicted octanol–water partition coefficient (Wildman–Crippen LogP) is 3.25. The van der Waals surface area contributed by atoms with E-state index in [4.69, 9.17) is 10.9 Å². The molecule has 4 N–H and O–H groups in total. The van der Waals surface area contributed by atoms with Crippen LogP contribution in [0.2, 0.25) is 0 Å². The van der Waals surface area contributed by atoms with Crippen molar-refractivity contribution in [3.05, 3.63) is 65.2 Å². The highest BCUT2D eigenvalue weighted by atomic mass is 16.4. The van der Waals surface area contributed by atoms with Gasteiger partial charge in [-0.1, -0.05) is 41.6 Å². The van der Waals surface area contributed by atoms with Gasteiger partial charge < -0.3 is 16.3 Å². The lowest BCUT2D eigenvalue weighted by Crippen LogP contribution is -2.28. The highest BCUT2D eigenvalue weighted by molar-refractivity contribution is 5.87. The number of anilines is 1. The van der Waals surface area contributed by atoms with Gasteiger partial charge in [0.1, 0.15) is 5.84 Å². The lowest BCUT2D eigenvalue weighted by Gasteiger charge is -2.18. The fraction of sp³-hybridized carbons (Fsp3) is 0.235. The first-order valence-electron chi connectivity index (χ1n) is 6.94. The lowest BCUT2D eigenvalue weighted by molar-refractivity contribution is 0.316. The zero-order chi connectivity index (χ0) is 15.2. The standard InChI is InChI=1S/C17H21N3O/c1-12-8-13(2)10-15(9-12)19-11-16(17(18)20-21)14-6-4-3-5-7-14/h3-10,16,19,21H,11H2,1-2H3,(H2,18,20). The topological polar surface area (TPSA) is 70.6 Å². The van der Waals surface area contributed by atoms with E-state index in [1.165, 1.54) is 11.1 Å². The molecule has 2 aromatic rings. The van der Waals surface area contributed by atoms with Crippen LogP contribution in [0.5, 0.6) is 0 Å². The molecule has 21 heavy (non-hydrogen) atoms. The maximum absolute atomic E-state index is 8.99. The van der Waals surface area contributed by atoms with Gasteiger partial charge >= 0.3 is 0 Å². The van der Waals surface area contributed by atoms with Crippen molar-refractivity contribution >= 4 is 11.5 Å². The highest BCUT2D eigenvalue weighted by Gasteiger charge is 2.16. The number of nitrogens with two attached hydrogens (primary N) is 1. The second-order valence-electron chi connectivity index (χ2n) is 5.25. The predicted molar refractivity (Wildman–Crippen MR) is 87.0 cm³/mol. The monoisotopic (exact) mass is 283 g/mol. The number of aryl methyl sites for hydroxylation is 2. The minimum atomic E-state index is -0.169. The van der Waals surface area contributed by atoms with Gasteiger partial charge in [-0.25, -0.2) is 0 Å². The van der Waals surface area contributed by atoms with Gasteiger partial charge in [-0.2, -0.15) is 0 Å². The number of nitrogens with zero attached hydrogens (tertiary/aromatic N) is 1. The maximum atomic E-state index is 8.99. The van der Waals surface area contributed by atoms with Gasteiger partial charge in [-0.05, 0) is 42.7 Å². The molecule has 0 bridgehead atoms. The van der Waals surface area contributed by atoms with Crippen molar-refractivity contribution in [1.82, 2.24) is 0 Å². The van der Waals surface area contributed by atoms with Gasteiger partial charge in [-0.15, -0.1) is 0 Å². The van der Waals surface area contributed by atoms with E-state index < -0.39 is 0 Å². The number of rotatable bonds is 5. The third-order valence-corrected chi connectivity index (χ3v) is 3.41. The minimum absolute atomic E-state index is 0.169. The maximum Gasteiger partial charge on any atom is 0.148 e. The molecule has 0 aliphatic carbocycles. The quantitative estimate of drug-likeness (QED) is 0.341. The summed E-state index contributed by atoms with van der Waals surface area (Å²) < 4.78 is 0. The van der Waals surface area contributed by atoms with Crippen molar-refractivity contribution in [1.29, 1.82) is 0 Å². The van der Waals surface area contributed by atoms with Gasteiger partial charge in [0.25, 0.3) is 0 Å². The van der Waals surface area contributed by atoms with E-state index in [2.05, 4.69) is 42.5 Å². The van der Waals surface area contributed by atoms with Crippen molar-refractivity contribution < 1.29 is 5.21 Å². The van der Waals surface area contributed by atoms with Crippen LogP contribution in [0.4, 0.5) is 5.69 Å². The van der Waals surface area contributed by atoms with E-state index in [0.717, 1.165) is 11.3 Å². The van der Waals surface area contributed by atoms with Crippen LogP contribution >= 0.6 is 0 Å². The third kappa shape index (κ3) is 3.99. The Morgan fingerprint density at radius 1 is 1.14 bits per heavy atom. The number of nitrogens with one attached hydrogen (secondary N) is 1. The summed E-state index contributed by atoms with van der Waals surface area (Å²) in [4.78, 5) is 0. The van der Waals surface area contributed by atoms with Crippen LogP contribution in [0.15, 0.2) is 53.7 Å². The van der Waals surface area contributed by atoms with E-state index in [9.17, 15) is 0 Å². The summed E-state index contributed by atoms with van der Waals surface area (Å²) >= 11 is 0. The average molecular weight is 283 g/mol. The van der Waals surface area contributed by atoms with Crippen LogP contribution in [0.25, 0.3) is 0 Å². The molecular formula is C17H21N3O. The second-order valence-corrected chi connectivity index (χ2v) is 5.25. The first-order chi connectivity index (χ1) is 10.1. The Morgan fingerprint density at radius 2 is 1.76 bits per heavy atom. The Morgan fingerprint density at radius 3 is 2.33 bits per heavy atom. The minimum Gasteiger partial charge on any atom is -0.409 e. The van der Waals surface area contributed by atoms with Crippen LogP contribution in [0.1, 0.15) is 22.6 Å². The summed E-state index contributed by atoms with van der Waals surface area (Å²) in [5.74, 6) is 0.0371. The Bertz CT molecular complexity index is 603. The van der Waals surface area contributed by atoms with E-state index >= 15 is 0 Å². The highest BCUT2D eigenvalue weighted by Crippen LogP contribution is 2.19. The Kier molecular flexibility index (Phi) is 4.82. The van der Waals surface area contributed by atoms with Crippen LogP contribution in [0, 0.1) is 13.8 Å². The average Bonchev–Trinajstić information content (AvgIpc) is 2.47. The summed E-state index contributed by atoms with van der Waals surface area (Å²) in [6, 6.07) is 16.1. The van der Waals surface area contributed by atoms with E-state index in [1.807, 2.05) is 30.3 Å². The number of oxime groups is 1. The molecule has 0 radical (unpaired) electrons. The van der Waals surface area contributed by atoms with E-state index in [0.29, 0.717) is 6.54 Å². The molecule has 0 saturated heterocycles. The molecule has 0 amide bonds. The van der Waals surface area contributed by atoms with Crippen LogP contribution in [-0.4, -0.2) is 17.6 Å². The molecular weight excluding hydrogens is 262 g/mol. The molecule has 2 rings (SSSR count). The summed E-state index contributed by atoms with van der Waals surface area (Å²) in [6.45, 7) is 4.70. The van der Waals surface area contributed by atoms with Gasteiger partial charge in [0.2, 0.25) is 0 Å². The molecule has 0 saturated carbocycles. The normalized spacial score (nSPS) is 13.0. The third-order valence-electron chi connectivity index (χ3n) is 3.41. The van der Waals surface area contributed by atoms with E-state index in [1.54, 1.807) is 0 Å². The summed E-state index contributed by atoms with van der Waals surface area (Å²) in [7, 11) is 0. The number of hydrogen-bond donors (Lipinski definition) is 3. The Balaban J connectivity index is 2.17. The van der Waals surface area contributed by atoms with Crippen molar-refractivity contribution in [3.8, 4) is 0 Å². The molecule has 0 fully saturated rings. The SMILES string of the molecule is Cc1cc(C)cc(NCC(C(N)=NO)c2ccccc2)c1. The molecule has 4 nitrogen and oxygen atoms in total. The van der Waals surface area contributed by atoms with Crippen LogP contribution in [0.3, 0.4) is 0 Å². The molecule has 0 heterocycles.